The van der Waals surface area contributed by atoms with Gasteiger partial charge in [-0.3, -0.25) is 14.8 Å². The number of aromatic nitrogens is 2. The highest BCUT2D eigenvalue weighted by Gasteiger charge is 2.29. The number of sulfonamides is 1. The Labute approximate surface area is 140 Å². The van der Waals surface area contributed by atoms with Gasteiger partial charge in [-0.25, -0.2) is 13.1 Å². The number of amides is 1. The van der Waals surface area contributed by atoms with Gasteiger partial charge in [0.25, 0.3) is 5.91 Å². The van der Waals surface area contributed by atoms with Gasteiger partial charge in [0.2, 0.25) is 10.0 Å². The Morgan fingerprint density at radius 1 is 1.12 bits per heavy atom. The van der Waals surface area contributed by atoms with Crippen molar-refractivity contribution < 1.29 is 17.9 Å². The van der Waals surface area contributed by atoms with Crippen molar-refractivity contribution >= 4 is 15.9 Å². The van der Waals surface area contributed by atoms with Crippen molar-refractivity contribution in [2.75, 3.05) is 13.2 Å². The van der Waals surface area contributed by atoms with E-state index in [4.69, 9.17) is 4.74 Å². The largest absolute Gasteiger partial charge is 0.381 e. The summed E-state index contributed by atoms with van der Waals surface area (Å²) in [5, 5.41) is -0.598. The third kappa shape index (κ3) is 3.77. The van der Waals surface area contributed by atoms with Gasteiger partial charge in [0, 0.05) is 37.4 Å². The SMILES string of the molecule is O=C(NS(=O)(=O)C1CCOCC1)c1ccc(-c2ccncc2)nc1. The molecule has 0 radical (unpaired) electrons. The second kappa shape index (κ2) is 7.06. The van der Waals surface area contributed by atoms with Crippen LogP contribution in [0.5, 0.6) is 0 Å². The summed E-state index contributed by atoms with van der Waals surface area (Å²) in [6, 6.07) is 6.83. The third-order valence-corrected chi connectivity index (χ3v) is 5.66. The highest BCUT2D eigenvalue weighted by Crippen LogP contribution is 2.17. The van der Waals surface area contributed by atoms with E-state index < -0.39 is 21.2 Å². The van der Waals surface area contributed by atoms with Crippen LogP contribution in [-0.2, 0) is 14.8 Å². The second-order valence-corrected chi connectivity index (χ2v) is 7.42. The molecule has 24 heavy (non-hydrogen) atoms. The Balaban J connectivity index is 1.71. The Morgan fingerprint density at radius 2 is 1.83 bits per heavy atom. The van der Waals surface area contributed by atoms with E-state index >= 15 is 0 Å². The molecule has 0 unspecified atom stereocenters. The molecule has 8 heteroatoms. The smallest absolute Gasteiger partial charge is 0.266 e. The third-order valence-electron chi connectivity index (χ3n) is 3.84. The first-order valence-electron chi connectivity index (χ1n) is 7.56. The molecule has 126 valence electrons. The zero-order valence-electron chi connectivity index (χ0n) is 12.9. The maximum atomic E-state index is 12.2. The van der Waals surface area contributed by atoms with Crippen molar-refractivity contribution in [3.63, 3.8) is 0 Å². The van der Waals surface area contributed by atoms with Crippen LogP contribution in [0.1, 0.15) is 23.2 Å². The molecule has 0 bridgehead atoms. The van der Waals surface area contributed by atoms with Gasteiger partial charge in [0.1, 0.15) is 0 Å². The molecule has 1 saturated heterocycles. The number of ether oxygens (including phenoxy) is 1. The maximum absolute atomic E-state index is 12.2. The Hall–Kier alpha value is -2.32. The van der Waals surface area contributed by atoms with Gasteiger partial charge in [0.15, 0.2) is 0 Å². The number of rotatable bonds is 4. The van der Waals surface area contributed by atoms with Crippen molar-refractivity contribution in [1.29, 1.82) is 0 Å². The number of nitrogens with zero attached hydrogens (tertiary/aromatic N) is 2. The molecule has 1 aliphatic rings. The van der Waals surface area contributed by atoms with Crippen LogP contribution in [0, 0.1) is 0 Å². The monoisotopic (exact) mass is 347 g/mol. The molecule has 1 N–H and O–H groups in total. The molecule has 0 saturated carbocycles. The lowest BCUT2D eigenvalue weighted by atomic mass is 10.1. The fourth-order valence-corrected chi connectivity index (χ4v) is 3.84. The van der Waals surface area contributed by atoms with E-state index in [1.54, 1.807) is 36.7 Å². The van der Waals surface area contributed by atoms with E-state index in [9.17, 15) is 13.2 Å². The maximum Gasteiger partial charge on any atom is 0.266 e. The van der Waals surface area contributed by atoms with E-state index in [0.717, 1.165) is 5.56 Å². The average Bonchev–Trinajstić information content (AvgIpc) is 2.63. The van der Waals surface area contributed by atoms with Crippen LogP contribution in [0.2, 0.25) is 0 Å². The van der Waals surface area contributed by atoms with Crippen LogP contribution >= 0.6 is 0 Å². The van der Waals surface area contributed by atoms with Gasteiger partial charge in [-0.05, 0) is 37.1 Å². The minimum absolute atomic E-state index is 0.198. The summed E-state index contributed by atoms with van der Waals surface area (Å²) >= 11 is 0. The first-order chi connectivity index (χ1) is 11.6. The lowest BCUT2D eigenvalue weighted by molar-refractivity contribution is 0.0950. The number of hydrogen-bond acceptors (Lipinski definition) is 6. The predicted octanol–water partition coefficient (Wildman–Crippen LogP) is 1.38. The number of carbonyl (C=O) groups is 1. The van der Waals surface area contributed by atoms with Crippen LogP contribution in [0.15, 0.2) is 42.9 Å². The molecule has 0 atom stereocenters. The van der Waals surface area contributed by atoms with Crippen LogP contribution in [0.25, 0.3) is 11.3 Å². The van der Waals surface area contributed by atoms with Crippen molar-refractivity contribution in [3.8, 4) is 11.3 Å². The minimum atomic E-state index is -3.71. The van der Waals surface area contributed by atoms with E-state index in [1.807, 2.05) is 0 Å². The first-order valence-corrected chi connectivity index (χ1v) is 9.11. The molecule has 1 fully saturated rings. The minimum Gasteiger partial charge on any atom is -0.381 e. The van der Waals surface area contributed by atoms with Crippen molar-refractivity contribution in [2.45, 2.75) is 18.1 Å². The van der Waals surface area contributed by atoms with Gasteiger partial charge in [-0.2, -0.15) is 0 Å². The quantitative estimate of drug-likeness (QED) is 0.897. The summed E-state index contributed by atoms with van der Waals surface area (Å²) < 4.78 is 31.8. The molecule has 3 rings (SSSR count). The Kier molecular flexibility index (Phi) is 4.86. The van der Waals surface area contributed by atoms with Gasteiger partial charge in [-0.15, -0.1) is 0 Å². The highest BCUT2D eigenvalue weighted by atomic mass is 32.2. The molecule has 0 aromatic carbocycles. The van der Waals surface area contributed by atoms with Crippen LogP contribution in [0.3, 0.4) is 0 Å². The van der Waals surface area contributed by atoms with Gasteiger partial charge in [-0.1, -0.05) is 0 Å². The lowest BCUT2D eigenvalue weighted by Gasteiger charge is -2.22. The zero-order valence-corrected chi connectivity index (χ0v) is 13.7. The molecule has 1 amide bonds. The number of carbonyl (C=O) groups excluding carboxylic acids is 1. The number of nitrogens with one attached hydrogen (secondary N) is 1. The molecule has 3 heterocycles. The highest BCUT2D eigenvalue weighted by molar-refractivity contribution is 7.90. The zero-order chi connectivity index (χ0) is 17.0. The molecular formula is C16H17N3O4S. The summed E-state index contributed by atoms with van der Waals surface area (Å²) in [6.45, 7) is 0.782. The Bertz CT molecular complexity index is 801. The topological polar surface area (TPSA) is 98.2 Å². The van der Waals surface area contributed by atoms with E-state index in [1.165, 1.54) is 6.20 Å². The van der Waals surface area contributed by atoms with Gasteiger partial charge < -0.3 is 4.74 Å². The molecule has 1 aliphatic heterocycles. The summed E-state index contributed by atoms with van der Waals surface area (Å²) in [6.07, 6.45) is 5.45. The van der Waals surface area contributed by atoms with Gasteiger partial charge >= 0.3 is 0 Å². The molecule has 2 aromatic rings. The van der Waals surface area contributed by atoms with Crippen LogP contribution < -0.4 is 4.72 Å². The standard InChI is InChI=1S/C16H17N3O4S/c20-16(19-24(21,22)14-5-9-23-10-6-14)13-1-2-15(18-11-13)12-3-7-17-8-4-12/h1-4,7-8,11,14H,5-6,9-10H2,(H,19,20). The molecule has 7 nitrogen and oxygen atoms in total. The number of pyridine rings is 2. The fraction of sp³-hybridized carbons (Fsp3) is 0.312. The number of hydrogen-bond donors (Lipinski definition) is 1. The van der Waals surface area contributed by atoms with E-state index in [0.29, 0.717) is 31.7 Å². The molecular weight excluding hydrogens is 330 g/mol. The normalized spacial score (nSPS) is 15.8. The van der Waals surface area contributed by atoms with Crippen molar-refractivity contribution in [1.82, 2.24) is 14.7 Å². The average molecular weight is 347 g/mol. The van der Waals surface area contributed by atoms with Crippen LogP contribution in [-0.4, -0.2) is 42.8 Å². The van der Waals surface area contributed by atoms with Crippen molar-refractivity contribution in [3.05, 3.63) is 48.4 Å². The summed E-state index contributed by atoms with van der Waals surface area (Å²) in [5.74, 6) is -0.671. The van der Waals surface area contributed by atoms with E-state index in [2.05, 4.69) is 14.7 Å². The predicted molar refractivity (Wildman–Crippen MR) is 87.7 cm³/mol. The Morgan fingerprint density at radius 3 is 2.46 bits per heavy atom. The van der Waals surface area contributed by atoms with E-state index in [-0.39, 0.29) is 5.56 Å². The summed E-state index contributed by atoms with van der Waals surface area (Å²) in [4.78, 5) is 20.3. The lowest BCUT2D eigenvalue weighted by Crippen LogP contribution is -2.41. The molecule has 0 aliphatic carbocycles. The summed E-state index contributed by atoms with van der Waals surface area (Å²) in [5.41, 5.74) is 1.75. The van der Waals surface area contributed by atoms with Crippen LogP contribution in [0.4, 0.5) is 0 Å². The first kappa shape index (κ1) is 16.5. The van der Waals surface area contributed by atoms with Crippen molar-refractivity contribution in [2.24, 2.45) is 0 Å². The fourth-order valence-electron chi connectivity index (χ4n) is 2.48. The second-order valence-electron chi connectivity index (χ2n) is 5.46. The summed E-state index contributed by atoms with van der Waals surface area (Å²) in [7, 11) is -3.71. The van der Waals surface area contributed by atoms with Gasteiger partial charge in [0.05, 0.1) is 16.5 Å². The molecule has 0 spiro atoms. The molecule has 2 aromatic heterocycles.